The van der Waals surface area contributed by atoms with Crippen LogP contribution in [0.25, 0.3) is 6.08 Å². The molecule has 2 aromatic carbocycles. The van der Waals surface area contributed by atoms with Gasteiger partial charge in [-0.3, -0.25) is 9.59 Å². The highest BCUT2D eigenvalue weighted by atomic mass is 19.4. The van der Waals surface area contributed by atoms with E-state index in [2.05, 4.69) is 0 Å². The maximum absolute atomic E-state index is 13.6. The van der Waals surface area contributed by atoms with Gasteiger partial charge in [0.15, 0.2) is 0 Å². The van der Waals surface area contributed by atoms with E-state index in [1.807, 2.05) is 26.0 Å². The van der Waals surface area contributed by atoms with Gasteiger partial charge in [-0.25, -0.2) is 4.90 Å². The van der Waals surface area contributed by atoms with Crippen LogP contribution in [0.2, 0.25) is 0 Å². The molecule has 11 heteroatoms. The molecule has 2 aromatic rings. The summed E-state index contributed by atoms with van der Waals surface area (Å²) in [4.78, 5) is 27.4. The SMILES string of the molecule is CC1=C2[C@@H](CC/C(C)=C/c3cccc(O)c3)OC[C@@H]2[C@@H]2C(=O)N(c3cc(C(F)(F)F)cc(C(F)(F)F)c3)C(=O)[C@@H]2C1. The molecule has 0 unspecified atom stereocenters. The number of aromatic hydroxyl groups is 1. The van der Waals surface area contributed by atoms with Gasteiger partial charge >= 0.3 is 12.4 Å². The number of allylic oxidation sites excluding steroid dienone is 2. The lowest BCUT2D eigenvalue weighted by molar-refractivity contribution is -0.143. The standard InChI is InChI=1S/C30H27F6NO4/c1-15(8-17-4-3-5-21(38)10-17)6-7-24-25-16(2)9-22-26(23(25)14-41-24)28(40)37(27(22)39)20-12-18(29(31,32)33)11-19(13-20)30(34,35)36/h3-5,8,10-13,22-24,26,38H,6-7,9,14H2,1-2H3/b15-8+/t22-,23+,24-,26-/m1/s1. The molecule has 4 atom stereocenters. The van der Waals surface area contributed by atoms with Crippen LogP contribution < -0.4 is 4.90 Å². The lowest BCUT2D eigenvalue weighted by Crippen LogP contribution is -2.34. The van der Waals surface area contributed by atoms with Crippen molar-refractivity contribution in [3.63, 3.8) is 0 Å². The number of fused-ring (bicyclic) bond motifs is 3. The minimum absolute atomic E-state index is 0.0300. The molecule has 2 aliphatic heterocycles. The summed E-state index contributed by atoms with van der Waals surface area (Å²) in [6, 6.07) is 7.60. The van der Waals surface area contributed by atoms with Crippen molar-refractivity contribution in [2.75, 3.05) is 11.5 Å². The molecule has 2 saturated heterocycles. The molecule has 1 aliphatic carbocycles. The molecule has 0 saturated carbocycles. The first-order chi connectivity index (χ1) is 19.1. The molecule has 0 bridgehead atoms. The topological polar surface area (TPSA) is 66.8 Å². The molecule has 0 radical (unpaired) electrons. The molecule has 2 amide bonds. The first-order valence-electron chi connectivity index (χ1n) is 13.1. The van der Waals surface area contributed by atoms with E-state index in [0.717, 1.165) is 22.3 Å². The fraction of sp³-hybridized carbons (Fsp3) is 0.400. The van der Waals surface area contributed by atoms with Crippen LogP contribution in [0, 0.1) is 17.8 Å². The highest BCUT2D eigenvalue weighted by Crippen LogP contribution is 2.51. The average Bonchev–Trinajstić information content (AvgIpc) is 3.40. The van der Waals surface area contributed by atoms with Crippen molar-refractivity contribution in [3.05, 3.63) is 75.9 Å². The Labute approximate surface area is 232 Å². The zero-order chi connectivity index (χ0) is 29.9. The van der Waals surface area contributed by atoms with Crippen LogP contribution in [0.5, 0.6) is 5.75 Å². The number of alkyl halides is 6. The van der Waals surface area contributed by atoms with Gasteiger partial charge in [-0.15, -0.1) is 0 Å². The number of hydrogen-bond donors (Lipinski definition) is 1. The Bertz CT molecular complexity index is 1430. The van der Waals surface area contributed by atoms with Crippen LogP contribution in [-0.2, 0) is 26.7 Å². The van der Waals surface area contributed by atoms with Gasteiger partial charge in [0.25, 0.3) is 0 Å². The fourth-order valence-corrected chi connectivity index (χ4v) is 6.28. The Morgan fingerprint density at radius 1 is 1.00 bits per heavy atom. The summed E-state index contributed by atoms with van der Waals surface area (Å²) in [5, 5.41) is 9.68. The first kappa shape index (κ1) is 28.9. The van der Waals surface area contributed by atoms with Gasteiger partial charge in [-0.05, 0) is 74.6 Å². The fourth-order valence-electron chi connectivity index (χ4n) is 6.28. The molecule has 5 rings (SSSR count). The van der Waals surface area contributed by atoms with Gasteiger partial charge in [0, 0.05) is 5.92 Å². The van der Waals surface area contributed by atoms with Gasteiger partial charge in [0.1, 0.15) is 5.75 Å². The van der Waals surface area contributed by atoms with Crippen molar-refractivity contribution in [2.24, 2.45) is 17.8 Å². The summed E-state index contributed by atoms with van der Waals surface area (Å²) >= 11 is 0. The number of hydrogen-bond acceptors (Lipinski definition) is 4. The van der Waals surface area contributed by atoms with Gasteiger partial charge in [-0.2, -0.15) is 26.3 Å². The Kier molecular flexibility index (Phi) is 7.30. The third kappa shape index (κ3) is 5.51. The van der Waals surface area contributed by atoms with Crippen LogP contribution in [0.3, 0.4) is 0 Å². The van der Waals surface area contributed by atoms with E-state index < -0.39 is 58.7 Å². The van der Waals surface area contributed by atoms with E-state index in [1.54, 1.807) is 18.2 Å². The predicted octanol–water partition coefficient (Wildman–Crippen LogP) is 7.15. The molecule has 2 fully saturated rings. The molecule has 218 valence electrons. The van der Waals surface area contributed by atoms with Gasteiger partial charge < -0.3 is 9.84 Å². The van der Waals surface area contributed by atoms with E-state index in [0.29, 0.717) is 29.9 Å². The lowest BCUT2D eigenvalue weighted by atomic mass is 9.70. The largest absolute Gasteiger partial charge is 0.508 e. The maximum Gasteiger partial charge on any atom is 0.416 e. The van der Waals surface area contributed by atoms with Crippen molar-refractivity contribution in [2.45, 2.75) is 51.6 Å². The van der Waals surface area contributed by atoms with E-state index in [4.69, 9.17) is 4.74 Å². The van der Waals surface area contributed by atoms with E-state index in [1.165, 1.54) is 0 Å². The quantitative estimate of drug-likeness (QED) is 0.232. The lowest BCUT2D eigenvalue weighted by Gasteiger charge is -2.30. The highest BCUT2D eigenvalue weighted by molar-refractivity contribution is 6.22. The van der Waals surface area contributed by atoms with Crippen LogP contribution in [0.1, 0.15) is 49.8 Å². The number of phenols is 1. The van der Waals surface area contributed by atoms with Crippen LogP contribution in [-0.4, -0.2) is 29.6 Å². The second kappa shape index (κ2) is 10.3. The van der Waals surface area contributed by atoms with Crippen molar-refractivity contribution >= 4 is 23.6 Å². The van der Waals surface area contributed by atoms with Crippen LogP contribution >= 0.6 is 0 Å². The number of imide groups is 1. The third-order valence-electron chi connectivity index (χ3n) is 8.07. The van der Waals surface area contributed by atoms with Crippen molar-refractivity contribution < 1.29 is 45.8 Å². The number of anilines is 1. The number of phenolic OH excluding ortho intramolecular Hbond substituents is 1. The second-order valence-electron chi connectivity index (χ2n) is 10.9. The van der Waals surface area contributed by atoms with E-state index >= 15 is 0 Å². The Hall–Kier alpha value is -3.60. The smallest absolute Gasteiger partial charge is 0.416 e. The normalized spacial score (nSPS) is 25.2. The Morgan fingerprint density at radius 2 is 1.66 bits per heavy atom. The predicted molar refractivity (Wildman–Crippen MR) is 137 cm³/mol. The summed E-state index contributed by atoms with van der Waals surface area (Å²) in [6.07, 6.45) is -7.24. The summed E-state index contributed by atoms with van der Waals surface area (Å²) < 4.78 is 86.8. The number of ether oxygens (including phenoxy) is 1. The minimum Gasteiger partial charge on any atom is -0.508 e. The summed E-state index contributed by atoms with van der Waals surface area (Å²) in [5.74, 6) is -3.79. The number of halogens is 6. The van der Waals surface area contributed by atoms with Gasteiger partial charge in [0.05, 0.1) is 41.4 Å². The zero-order valence-electron chi connectivity index (χ0n) is 22.1. The molecular weight excluding hydrogens is 552 g/mol. The molecular formula is C30H27F6NO4. The Balaban J connectivity index is 1.39. The Morgan fingerprint density at radius 3 is 2.27 bits per heavy atom. The van der Waals surface area contributed by atoms with E-state index in [-0.39, 0.29) is 30.9 Å². The summed E-state index contributed by atoms with van der Waals surface area (Å²) in [7, 11) is 0. The molecule has 0 aromatic heterocycles. The molecule has 41 heavy (non-hydrogen) atoms. The first-order valence-corrected chi connectivity index (χ1v) is 13.1. The van der Waals surface area contributed by atoms with Gasteiger partial charge in [0.2, 0.25) is 11.8 Å². The number of benzene rings is 2. The second-order valence-corrected chi connectivity index (χ2v) is 10.9. The van der Waals surface area contributed by atoms with E-state index in [9.17, 15) is 41.0 Å². The van der Waals surface area contributed by atoms with Crippen molar-refractivity contribution in [3.8, 4) is 5.75 Å². The minimum atomic E-state index is -5.11. The zero-order valence-corrected chi connectivity index (χ0v) is 22.1. The number of nitrogens with zero attached hydrogens (tertiary/aromatic N) is 1. The number of carbonyl (C=O) groups is 2. The number of carbonyl (C=O) groups excluding carboxylic acids is 2. The average molecular weight is 580 g/mol. The molecule has 2 heterocycles. The monoisotopic (exact) mass is 579 g/mol. The molecule has 5 nitrogen and oxygen atoms in total. The summed E-state index contributed by atoms with van der Waals surface area (Å²) in [6.45, 7) is 3.88. The summed E-state index contributed by atoms with van der Waals surface area (Å²) in [5.41, 5.74) is -0.341. The van der Waals surface area contributed by atoms with Gasteiger partial charge in [-0.1, -0.05) is 29.4 Å². The van der Waals surface area contributed by atoms with Crippen LogP contribution in [0.4, 0.5) is 32.0 Å². The molecule has 0 spiro atoms. The van der Waals surface area contributed by atoms with Crippen LogP contribution in [0.15, 0.2) is 59.2 Å². The molecule has 3 aliphatic rings. The van der Waals surface area contributed by atoms with Crippen molar-refractivity contribution in [1.82, 2.24) is 0 Å². The maximum atomic E-state index is 13.6. The number of amides is 2. The third-order valence-corrected chi connectivity index (χ3v) is 8.07. The molecule has 1 N–H and O–H groups in total. The highest BCUT2D eigenvalue weighted by Gasteiger charge is 2.57. The van der Waals surface area contributed by atoms with Crippen molar-refractivity contribution in [1.29, 1.82) is 0 Å². The number of rotatable bonds is 5.